The van der Waals surface area contributed by atoms with Crippen LogP contribution in [0.1, 0.15) is 5.56 Å². The van der Waals surface area contributed by atoms with Crippen LogP contribution < -0.4 is 4.74 Å². The lowest BCUT2D eigenvalue weighted by atomic mass is 10.0. The van der Waals surface area contributed by atoms with Crippen LogP contribution in [0.5, 0.6) is 5.75 Å². The zero-order valence-electron chi connectivity index (χ0n) is 11.1. The van der Waals surface area contributed by atoms with E-state index in [-0.39, 0.29) is 6.61 Å². The molecule has 2 aromatic carbocycles. The fourth-order valence-corrected chi connectivity index (χ4v) is 2.28. The molecule has 0 aliphatic heterocycles. The van der Waals surface area contributed by atoms with Crippen molar-refractivity contribution < 1.29 is 14.3 Å². The van der Waals surface area contributed by atoms with E-state index in [1.165, 1.54) is 0 Å². The number of carbonyl (C=O) groups is 1. The van der Waals surface area contributed by atoms with E-state index in [1.807, 2.05) is 30.3 Å². The minimum atomic E-state index is 0.216. The highest BCUT2D eigenvalue weighted by Gasteiger charge is 2.05. The smallest absolute Gasteiger partial charge is 0.293 e. The molecule has 0 aliphatic carbocycles. The summed E-state index contributed by atoms with van der Waals surface area (Å²) in [5, 5.41) is 8.79. The predicted octanol–water partition coefficient (Wildman–Crippen LogP) is 3.54. The Labute approximate surface area is 131 Å². The molecule has 0 spiro atoms. The lowest BCUT2D eigenvalue weighted by Crippen LogP contribution is -2.05. The minimum absolute atomic E-state index is 0.216. The van der Waals surface area contributed by atoms with Crippen molar-refractivity contribution in [3.05, 3.63) is 52.5 Å². The summed E-state index contributed by atoms with van der Waals surface area (Å²) in [7, 11) is 0. The van der Waals surface area contributed by atoms with Gasteiger partial charge in [0.05, 0.1) is 16.1 Å². The second-order valence-electron chi connectivity index (χ2n) is 4.15. The zero-order valence-corrected chi connectivity index (χ0v) is 12.7. The number of ether oxygens (including phenoxy) is 2. The largest absolute Gasteiger partial charge is 0.489 e. The number of hydrogen-bond acceptors (Lipinski definition) is 4. The van der Waals surface area contributed by atoms with Gasteiger partial charge in [-0.05, 0) is 51.3 Å². The summed E-state index contributed by atoms with van der Waals surface area (Å²) in [5.74, 6) is 0.682. The minimum Gasteiger partial charge on any atom is -0.489 e. The Kier molecular flexibility index (Phi) is 5.35. The van der Waals surface area contributed by atoms with Gasteiger partial charge >= 0.3 is 0 Å². The average molecular weight is 346 g/mol. The molecular weight excluding hydrogens is 334 g/mol. The SMILES string of the molecule is N#Cc1ccc(-c2ccc(OCCOC=O)c(Br)c2)cc1. The van der Waals surface area contributed by atoms with Crippen LogP contribution in [0.3, 0.4) is 0 Å². The molecule has 0 bridgehead atoms. The summed E-state index contributed by atoms with van der Waals surface area (Å²) in [6, 6.07) is 15.2. The van der Waals surface area contributed by atoms with E-state index in [9.17, 15) is 4.79 Å². The molecule has 0 saturated heterocycles. The average Bonchev–Trinajstić information content (AvgIpc) is 2.53. The number of benzene rings is 2. The fourth-order valence-electron chi connectivity index (χ4n) is 1.78. The third-order valence-electron chi connectivity index (χ3n) is 2.81. The molecule has 0 unspecified atom stereocenters. The molecule has 0 amide bonds. The summed E-state index contributed by atoms with van der Waals surface area (Å²) < 4.78 is 10.9. The Bertz CT molecular complexity index is 662. The second kappa shape index (κ2) is 7.46. The summed E-state index contributed by atoms with van der Waals surface area (Å²) in [6.45, 7) is 0.910. The standard InChI is InChI=1S/C16H12BrNO3/c17-15-9-14(13-3-1-12(10-18)2-4-13)5-6-16(15)21-8-7-20-11-19/h1-6,9,11H,7-8H2. The first-order valence-corrected chi connectivity index (χ1v) is 7.02. The molecule has 0 fully saturated rings. The van der Waals surface area contributed by atoms with Crippen molar-refractivity contribution >= 4 is 22.4 Å². The number of hydrogen-bond donors (Lipinski definition) is 0. The van der Waals surface area contributed by atoms with Gasteiger partial charge in [0.25, 0.3) is 6.47 Å². The molecule has 2 rings (SSSR count). The summed E-state index contributed by atoms with van der Waals surface area (Å²) in [6.07, 6.45) is 0. The van der Waals surface area contributed by atoms with Crippen molar-refractivity contribution in [2.24, 2.45) is 0 Å². The van der Waals surface area contributed by atoms with Gasteiger partial charge in [-0.1, -0.05) is 18.2 Å². The first-order chi connectivity index (χ1) is 10.2. The Hall–Kier alpha value is -2.32. The Balaban J connectivity index is 2.10. The van der Waals surface area contributed by atoms with Gasteiger partial charge in [-0.3, -0.25) is 4.79 Å². The number of halogens is 1. The van der Waals surface area contributed by atoms with Crippen LogP contribution in [0.2, 0.25) is 0 Å². The van der Waals surface area contributed by atoms with Gasteiger partial charge < -0.3 is 9.47 Å². The molecule has 106 valence electrons. The zero-order chi connectivity index (χ0) is 15.1. The summed E-state index contributed by atoms with van der Waals surface area (Å²) >= 11 is 3.45. The van der Waals surface area contributed by atoms with Gasteiger partial charge in [-0.2, -0.15) is 5.26 Å². The first-order valence-electron chi connectivity index (χ1n) is 6.22. The molecule has 0 aromatic heterocycles. The van der Waals surface area contributed by atoms with E-state index in [0.29, 0.717) is 24.4 Å². The van der Waals surface area contributed by atoms with Crippen LogP contribution in [-0.4, -0.2) is 19.7 Å². The van der Waals surface area contributed by atoms with Gasteiger partial charge in [0.15, 0.2) is 0 Å². The maximum Gasteiger partial charge on any atom is 0.293 e. The number of nitriles is 1. The third-order valence-corrected chi connectivity index (χ3v) is 3.43. The Morgan fingerprint density at radius 2 is 1.81 bits per heavy atom. The van der Waals surface area contributed by atoms with Crippen LogP contribution in [0.25, 0.3) is 11.1 Å². The summed E-state index contributed by atoms with van der Waals surface area (Å²) in [4.78, 5) is 10.0. The van der Waals surface area contributed by atoms with Gasteiger partial charge in [-0.25, -0.2) is 0 Å². The maximum atomic E-state index is 10.0. The van der Waals surface area contributed by atoms with Crippen molar-refractivity contribution in [1.29, 1.82) is 5.26 Å². The molecule has 0 radical (unpaired) electrons. The molecule has 0 aliphatic rings. The summed E-state index contributed by atoms with van der Waals surface area (Å²) in [5.41, 5.74) is 2.67. The molecule has 0 heterocycles. The highest BCUT2D eigenvalue weighted by atomic mass is 79.9. The predicted molar refractivity (Wildman–Crippen MR) is 81.8 cm³/mol. The molecule has 0 saturated carbocycles. The van der Waals surface area contributed by atoms with Gasteiger partial charge in [0, 0.05) is 0 Å². The topological polar surface area (TPSA) is 59.3 Å². The van der Waals surface area contributed by atoms with E-state index in [1.54, 1.807) is 12.1 Å². The Morgan fingerprint density at radius 3 is 2.43 bits per heavy atom. The molecule has 0 N–H and O–H groups in total. The molecule has 0 atom stereocenters. The van der Waals surface area contributed by atoms with Crippen LogP contribution in [0, 0.1) is 11.3 Å². The van der Waals surface area contributed by atoms with E-state index in [0.717, 1.165) is 15.6 Å². The maximum absolute atomic E-state index is 10.0. The quantitative estimate of drug-likeness (QED) is 0.593. The molecule has 2 aromatic rings. The van der Waals surface area contributed by atoms with E-state index in [4.69, 9.17) is 10.00 Å². The van der Waals surface area contributed by atoms with Crippen LogP contribution in [0.15, 0.2) is 46.9 Å². The highest BCUT2D eigenvalue weighted by molar-refractivity contribution is 9.10. The fraction of sp³-hybridized carbons (Fsp3) is 0.125. The molecule has 21 heavy (non-hydrogen) atoms. The van der Waals surface area contributed by atoms with Crippen LogP contribution >= 0.6 is 15.9 Å². The monoisotopic (exact) mass is 345 g/mol. The van der Waals surface area contributed by atoms with Crippen LogP contribution in [-0.2, 0) is 9.53 Å². The van der Waals surface area contributed by atoms with E-state index in [2.05, 4.69) is 26.7 Å². The highest BCUT2D eigenvalue weighted by Crippen LogP contribution is 2.30. The van der Waals surface area contributed by atoms with Crippen molar-refractivity contribution in [2.75, 3.05) is 13.2 Å². The molecule has 5 heteroatoms. The van der Waals surface area contributed by atoms with Gasteiger partial charge in [0.1, 0.15) is 19.0 Å². The van der Waals surface area contributed by atoms with E-state index >= 15 is 0 Å². The van der Waals surface area contributed by atoms with Crippen LogP contribution in [0.4, 0.5) is 0 Å². The number of nitrogens with zero attached hydrogens (tertiary/aromatic N) is 1. The lowest BCUT2D eigenvalue weighted by Gasteiger charge is -2.09. The first kappa shape index (κ1) is 15.1. The van der Waals surface area contributed by atoms with Gasteiger partial charge in [0.2, 0.25) is 0 Å². The van der Waals surface area contributed by atoms with Crippen molar-refractivity contribution in [2.45, 2.75) is 0 Å². The van der Waals surface area contributed by atoms with Crippen molar-refractivity contribution in [1.82, 2.24) is 0 Å². The Morgan fingerprint density at radius 1 is 1.10 bits per heavy atom. The second-order valence-corrected chi connectivity index (χ2v) is 5.00. The number of rotatable bonds is 6. The molecule has 4 nitrogen and oxygen atoms in total. The van der Waals surface area contributed by atoms with Crippen molar-refractivity contribution in [3.8, 4) is 22.9 Å². The third kappa shape index (κ3) is 4.07. The lowest BCUT2D eigenvalue weighted by molar-refractivity contribution is -0.129. The van der Waals surface area contributed by atoms with E-state index < -0.39 is 0 Å². The van der Waals surface area contributed by atoms with Gasteiger partial charge in [-0.15, -0.1) is 0 Å². The number of carbonyl (C=O) groups excluding carboxylic acids is 1. The normalized spacial score (nSPS) is 9.71. The van der Waals surface area contributed by atoms with Crippen molar-refractivity contribution in [3.63, 3.8) is 0 Å². The molecular formula is C16H12BrNO3.